The predicted molar refractivity (Wildman–Crippen MR) is 350 cm³/mol. The van der Waals surface area contributed by atoms with Crippen LogP contribution in [0.5, 0.6) is 0 Å². The number of hydrogen-bond donors (Lipinski definition) is 0. The summed E-state index contributed by atoms with van der Waals surface area (Å²) in [5, 5.41) is 2.48. The molecule has 5 heteroatoms. The molecule has 3 aliphatic rings. The second-order valence-electron chi connectivity index (χ2n) is 23.8. The van der Waals surface area contributed by atoms with Crippen LogP contribution in [0.25, 0.3) is 111 Å². The first-order chi connectivity index (χ1) is 40.7. The van der Waals surface area contributed by atoms with Crippen LogP contribution in [0.4, 0.5) is 17.1 Å². The Labute approximate surface area is 489 Å². The maximum Gasteiger partial charge on any atom is 0.129 e. The molecule has 0 atom stereocenters. The first-order valence-corrected chi connectivity index (χ1v) is 29.7. The van der Waals surface area contributed by atoms with Crippen LogP contribution in [0.15, 0.2) is 255 Å². The van der Waals surface area contributed by atoms with Gasteiger partial charge >= 0.3 is 0 Å². The average molecular weight is 1080 g/mol. The highest BCUT2D eigenvalue weighted by Gasteiger charge is 2.37. The Bertz CT molecular complexity index is 4580. The predicted octanol–water partition coefficient (Wildman–Crippen LogP) is 21.3. The van der Waals surface area contributed by atoms with E-state index in [2.05, 4.69) is 292 Å². The van der Waals surface area contributed by atoms with Crippen molar-refractivity contribution in [2.45, 2.75) is 51.4 Å². The number of benzene rings is 11. The lowest BCUT2D eigenvalue weighted by Crippen LogP contribution is -2.14. The summed E-state index contributed by atoms with van der Waals surface area (Å²) in [4.78, 5) is 2.29. The van der Waals surface area contributed by atoms with Gasteiger partial charge in [0.05, 0.1) is 28.4 Å². The fourth-order valence-electron chi connectivity index (χ4n) is 14.1. The molecular weight excluding hydrogens is 1020 g/mol. The third-order valence-corrected chi connectivity index (χ3v) is 19.0. The first kappa shape index (κ1) is 49.2. The standard InChI is InChI=1S/C78H58N4S/c1-77(2)68-21-13-11-19-62(68)64-39-33-56(47-70(64)77)51-27-23-49(24-28-51)54-35-42-72-66(45-54)67-46-55(50-25-29-52(30-26-50)57-34-40-65-63-20-12-14-22-69(63)78(3,4)71(65)48-57)36-43-73(67)82(72)60-37-31-53(32-38-60)61-41-44-74(76-75(61)79-83-80-76)81(58-15-7-5-8-16-58)59-17-9-6-10-18-59/h5-31,33-37,39-48H,32,38H2,1-4H3. The molecule has 0 spiro atoms. The third-order valence-electron chi connectivity index (χ3n) is 18.5. The van der Waals surface area contributed by atoms with Crippen molar-refractivity contribution in [3.05, 3.63) is 283 Å². The van der Waals surface area contributed by atoms with Crippen LogP contribution in [0.3, 0.4) is 0 Å². The SMILES string of the molecule is CC1(C)c2ccccc2-c2ccc(-c3ccc(-c4ccc5c(c4)c4cc(-c6ccc(-c7ccc8c(c7)C(C)(C)c7ccccc7-8)cc6)ccc4n5C4=CC=C(c5ccc(N(c6ccccc6)c6ccccc6)c6nsnc56)CC4)cc3)cc21. The molecule has 3 aliphatic carbocycles. The molecule has 0 amide bonds. The maximum atomic E-state index is 4.97. The summed E-state index contributed by atoms with van der Waals surface area (Å²) in [5.41, 5.74) is 31.7. The Kier molecular flexibility index (Phi) is 11.2. The van der Waals surface area contributed by atoms with E-state index in [0.29, 0.717) is 0 Å². The molecule has 4 nitrogen and oxygen atoms in total. The van der Waals surface area contributed by atoms with Crippen molar-refractivity contribution in [3.63, 3.8) is 0 Å². The van der Waals surface area contributed by atoms with E-state index in [1.54, 1.807) is 0 Å². The topological polar surface area (TPSA) is 34.0 Å². The molecule has 0 fully saturated rings. The van der Waals surface area contributed by atoms with Crippen molar-refractivity contribution in [2.24, 2.45) is 0 Å². The van der Waals surface area contributed by atoms with Crippen LogP contribution < -0.4 is 4.90 Å². The molecule has 2 aromatic heterocycles. The van der Waals surface area contributed by atoms with Crippen molar-refractivity contribution < 1.29 is 0 Å². The van der Waals surface area contributed by atoms with Crippen molar-refractivity contribution >= 4 is 72.9 Å². The lowest BCUT2D eigenvalue weighted by molar-refractivity contribution is 0.660. The molecule has 0 saturated heterocycles. The highest BCUT2D eigenvalue weighted by atomic mass is 32.1. The summed E-state index contributed by atoms with van der Waals surface area (Å²) in [6.45, 7) is 9.42. The zero-order valence-electron chi connectivity index (χ0n) is 46.9. The Morgan fingerprint density at radius 3 is 1.25 bits per heavy atom. The zero-order chi connectivity index (χ0) is 55.6. The molecule has 0 aliphatic heterocycles. The van der Waals surface area contributed by atoms with Crippen LogP contribution in [0.1, 0.15) is 68.4 Å². The monoisotopic (exact) mass is 1080 g/mol. The number of rotatable bonds is 9. The fourth-order valence-corrected chi connectivity index (χ4v) is 14.7. The summed E-state index contributed by atoms with van der Waals surface area (Å²) in [7, 11) is 0. The molecule has 396 valence electrons. The normalized spacial score (nSPS) is 14.5. The van der Waals surface area contributed by atoms with Gasteiger partial charge in [-0.15, -0.1) is 0 Å². The van der Waals surface area contributed by atoms with E-state index < -0.39 is 0 Å². The number of fused-ring (bicyclic) bond motifs is 10. The number of anilines is 3. The Morgan fingerprint density at radius 1 is 0.361 bits per heavy atom. The van der Waals surface area contributed by atoms with Crippen LogP contribution in [-0.2, 0) is 10.8 Å². The van der Waals surface area contributed by atoms with Gasteiger partial charge in [-0.2, -0.15) is 8.75 Å². The molecule has 11 aromatic carbocycles. The van der Waals surface area contributed by atoms with Crippen LogP contribution in [0.2, 0.25) is 0 Å². The van der Waals surface area contributed by atoms with Gasteiger partial charge in [0, 0.05) is 44.2 Å². The minimum Gasteiger partial charge on any atom is -0.313 e. The largest absolute Gasteiger partial charge is 0.313 e. The Balaban J connectivity index is 0.767. The van der Waals surface area contributed by atoms with Gasteiger partial charge in [-0.05, 0) is 180 Å². The van der Waals surface area contributed by atoms with E-state index in [-0.39, 0.29) is 10.8 Å². The summed E-state index contributed by atoms with van der Waals surface area (Å²) in [5.74, 6) is 0. The molecule has 0 bridgehead atoms. The van der Waals surface area contributed by atoms with Crippen molar-refractivity contribution in [2.75, 3.05) is 4.90 Å². The van der Waals surface area contributed by atoms with Gasteiger partial charge in [-0.3, -0.25) is 0 Å². The van der Waals surface area contributed by atoms with Gasteiger partial charge in [0.25, 0.3) is 0 Å². The van der Waals surface area contributed by atoms with E-state index in [0.717, 1.165) is 46.5 Å². The summed E-state index contributed by atoms with van der Waals surface area (Å²) < 4.78 is 12.4. The van der Waals surface area contributed by atoms with Crippen molar-refractivity contribution in [3.8, 4) is 66.8 Å². The zero-order valence-corrected chi connectivity index (χ0v) is 47.7. The van der Waals surface area contributed by atoms with Gasteiger partial charge in [0.2, 0.25) is 0 Å². The molecule has 16 rings (SSSR count). The number of aromatic nitrogens is 3. The van der Waals surface area contributed by atoms with Crippen LogP contribution in [0, 0.1) is 0 Å². The van der Waals surface area contributed by atoms with E-state index >= 15 is 0 Å². The minimum atomic E-state index is -0.0482. The Morgan fingerprint density at radius 2 is 0.771 bits per heavy atom. The van der Waals surface area contributed by atoms with Gasteiger partial charge < -0.3 is 9.47 Å². The molecule has 0 saturated carbocycles. The highest BCUT2D eigenvalue weighted by Crippen LogP contribution is 2.52. The lowest BCUT2D eigenvalue weighted by Gasteiger charge is -2.26. The quantitative estimate of drug-likeness (QED) is 0.144. The Hall–Kier alpha value is -9.68. The summed E-state index contributed by atoms with van der Waals surface area (Å²) >= 11 is 1.28. The van der Waals surface area contributed by atoms with Crippen LogP contribution in [-0.4, -0.2) is 13.3 Å². The molecular formula is C78H58N4S. The van der Waals surface area contributed by atoms with Crippen molar-refractivity contribution in [1.29, 1.82) is 0 Å². The molecule has 0 unspecified atom stereocenters. The number of para-hydroxylation sites is 2. The first-order valence-electron chi connectivity index (χ1n) is 29.0. The van der Waals surface area contributed by atoms with Gasteiger partial charge in [0.15, 0.2) is 0 Å². The van der Waals surface area contributed by atoms with E-state index in [1.165, 1.54) is 134 Å². The molecule has 13 aromatic rings. The highest BCUT2D eigenvalue weighted by molar-refractivity contribution is 7.00. The summed E-state index contributed by atoms with van der Waals surface area (Å²) in [6, 6.07) is 89.9. The third kappa shape index (κ3) is 7.86. The smallest absolute Gasteiger partial charge is 0.129 e. The van der Waals surface area contributed by atoms with Crippen molar-refractivity contribution in [1.82, 2.24) is 13.3 Å². The number of allylic oxidation sites excluding steroid dienone is 4. The van der Waals surface area contributed by atoms with E-state index in [1.807, 2.05) is 0 Å². The lowest BCUT2D eigenvalue weighted by atomic mass is 9.81. The number of hydrogen-bond acceptors (Lipinski definition) is 4. The summed E-state index contributed by atoms with van der Waals surface area (Å²) in [6.07, 6.45) is 6.41. The van der Waals surface area contributed by atoms with Gasteiger partial charge in [-0.25, -0.2) is 0 Å². The second-order valence-corrected chi connectivity index (χ2v) is 24.3. The van der Waals surface area contributed by atoms with Gasteiger partial charge in [-0.1, -0.05) is 210 Å². The second kappa shape index (κ2) is 19.0. The molecule has 0 radical (unpaired) electrons. The van der Waals surface area contributed by atoms with Gasteiger partial charge in [0.1, 0.15) is 11.0 Å². The van der Waals surface area contributed by atoms with Crippen LogP contribution >= 0.6 is 11.7 Å². The molecule has 0 N–H and O–H groups in total. The fraction of sp³-hybridized carbons (Fsp3) is 0.103. The number of nitrogens with zero attached hydrogens (tertiary/aromatic N) is 4. The maximum absolute atomic E-state index is 4.97. The minimum absolute atomic E-state index is 0.0482. The molecule has 2 heterocycles. The van der Waals surface area contributed by atoms with E-state index in [9.17, 15) is 0 Å². The van der Waals surface area contributed by atoms with E-state index in [4.69, 9.17) is 8.75 Å². The average Bonchev–Trinajstić information content (AvgIpc) is 3.65. The molecule has 83 heavy (non-hydrogen) atoms.